The highest BCUT2D eigenvalue weighted by atomic mass is 32.2. The quantitative estimate of drug-likeness (QED) is 0.723. The summed E-state index contributed by atoms with van der Waals surface area (Å²) in [6.45, 7) is 2.79. The predicted octanol–water partition coefficient (Wildman–Crippen LogP) is 1.96. The van der Waals surface area contributed by atoms with Gasteiger partial charge in [-0.25, -0.2) is 12.7 Å². The maximum atomic E-state index is 12.1. The Hall–Kier alpha value is -0.130. The van der Waals surface area contributed by atoms with Crippen LogP contribution >= 0.6 is 0 Å². The van der Waals surface area contributed by atoms with Crippen molar-refractivity contribution in [3.8, 4) is 0 Å². The molecule has 1 rings (SSSR count). The molecule has 0 heterocycles. The van der Waals surface area contributed by atoms with E-state index in [9.17, 15) is 8.42 Å². The molecule has 1 saturated carbocycles. The average Bonchev–Trinajstić information content (AvgIpc) is 2.38. The summed E-state index contributed by atoms with van der Waals surface area (Å²) in [5.74, 6) is 1.05. The van der Waals surface area contributed by atoms with Crippen molar-refractivity contribution in [2.45, 2.75) is 57.9 Å². The Kier molecular flexibility index (Phi) is 6.60. The summed E-state index contributed by atoms with van der Waals surface area (Å²) >= 11 is 0. The predicted molar refractivity (Wildman–Crippen MR) is 75.9 cm³/mol. The molecule has 0 spiro atoms. The van der Waals surface area contributed by atoms with Crippen molar-refractivity contribution < 1.29 is 8.42 Å². The molecule has 0 unspecified atom stereocenters. The van der Waals surface area contributed by atoms with Gasteiger partial charge in [0.1, 0.15) is 0 Å². The average molecular weight is 276 g/mol. The van der Waals surface area contributed by atoms with Gasteiger partial charge in [0.05, 0.1) is 5.75 Å². The fourth-order valence-electron chi connectivity index (χ4n) is 2.72. The molecule has 0 saturated heterocycles. The second-order valence-electron chi connectivity index (χ2n) is 5.41. The van der Waals surface area contributed by atoms with Gasteiger partial charge in [-0.15, -0.1) is 0 Å². The molecule has 5 heteroatoms. The van der Waals surface area contributed by atoms with Crippen molar-refractivity contribution in [2.24, 2.45) is 11.7 Å². The van der Waals surface area contributed by atoms with Crippen LogP contribution in [0.1, 0.15) is 51.9 Å². The molecule has 4 nitrogen and oxygen atoms in total. The number of hydrogen-bond acceptors (Lipinski definition) is 3. The van der Waals surface area contributed by atoms with Crippen molar-refractivity contribution in [1.82, 2.24) is 4.31 Å². The fraction of sp³-hybridized carbons (Fsp3) is 1.00. The van der Waals surface area contributed by atoms with Gasteiger partial charge in [0, 0.05) is 13.1 Å². The van der Waals surface area contributed by atoms with E-state index < -0.39 is 10.0 Å². The molecule has 18 heavy (non-hydrogen) atoms. The zero-order valence-electron chi connectivity index (χ0n) is 11.8. The number of nitrogens with zero attached hydrogens (tertiary/aromatic N) is 1. The van der Waals surface area contributed by atoms with Crippen LogP contribution < -0.4 is 5.73 Å². The van der Waals surface area contributed by atoms with Crippen molar-refractivity contribution >= 4 is 10.0 Å². The first kappa shape index (κ1) is 15.9. The maximum absolute atomic E-state index is 12.1. The molecule has 108 valence electrons. The van der Waals surface area contributed by atoms with Gasteiger partial charge in [-0.3, -0.25) is 0 Å². The van der Waals surface area contributed by atoms with Gasteiger partial charge in [0.25, 0.3) is 0 Å². The van der Waals surface area contributed by atoms with E-state index >= 15 is 0 Å². The molecular formula is C13H28N2O2S. The van der Waals surface area contributed by atoms with E-state index in [1.807, 2.05) is 0 Å². The van der Waals surface area contributed by atoms with Crippen LogP contribution in [-0.4, -0.2) is 38.1 Å². The first-order valence-electron chi connectivity index (χ1n) is 7.17. The number of nitrogens with two attached hydrogens (primary N) is 1. The summed E-state index contributed by atoms with van der Waals surface area (Å²) in [4.78, 5) is 0. The van der Waals surface area contributed by atoms with Crippen LogP contribution in [-0.2, 0) is 10.0 Å². The lowest BCUT2D eigenvalue weighted by atomic mass is 9.85. The molecule has 0 aromatic rings. The van der Waals surface area contributed by atoms with Crippen LogP contribution in [0.2, 0.25) is 0 Å². The number of rotatable bonds is 7. The first-order valence-corrected chi connectivity index (χ1v) is 8.78. The summed E-state index contributed by atoms with van der Waals surface area (Å²) in [6.07, 6.45) is 7.06. The molecule has 0 aliphatic heterocycles. The summed E-state index contributed by atoms with van der Waals surface area (Å²) in [6, 6.07) is 0.218. The largest absolute Gasteiger partial charge is 0.330 e. The summed E-state index contributed by atoms with van der Waals surface area (Å²) in [5, 5.41) is 0. The molecule has 2 N–H and O–H groups in total. The topological polar surface area (TPSA) is 63.4 Å². The Morgan fingerprint density at radius 3 is 2.28 bits per heavy atom. The van der Waals surface area contributed by atoms with Crippen molar-refractivity contribution in [2.75, 3.05) is 19.3 Å². The first-order chi connectivity index (χ1) is 8.51. The van der Waals surface area contributed by atoms with Crippen molar-refractivity contribution in [1.29, 1.82) is 0 Å². The Morgan fingerprint density at radius 1 is 1.17 bits per heavy atom. The number of hydrogen-bond donors (Lipinski definition) is 1. The lowest BCUT2D eigenvalue weighted by molar-refractivity contribution is 0.233. The molecular weight excluding hydrogens is 248 g/mol. The Bertz CT molecular complexity index is 322. The Morgan fingerprint density at radius 2 is 1.78 bits per heavy atom. The van der Waals surface area contributed by atoms with Gasteiger partial charge in [-0.2, -0.15) is 0 Å². The van der Waals surface area contributed by atoms with Gasteiger partial charge in [0.15, 0.2) is 0 Å². The van der Waals surface area contributed by atoms with E-state index in [2.05, 4.69) is 6.92 Å². The maximum Gasteiger partial charge on any atom is 0.214 e. The van der Waals surface area contributed by atoms with Crippen LogP contribution in [0.4, 0.5) is 0 Å². The highest BCUT2D eigenvalue weighted by molar-refractivity contribution is 7.89. The van der Waals surface area contributed by atoms with Crippen LogP contribution in [0, 0.1) is 5.92 Å². The third-order valence-electron chi connectivity index (χ3n) is 4.20. The smallest absolute Gasteiger partial charge is 0.214 e. The molecule has 0 atom stereocenters. The minimum absolute atomic E-state index is 0.218. The second kappa shape index (κ2) is 7.46. The molecule has 0 radical (unpaired) electrons. The minimum Gasteiger partial charge on any atom is -0.330 e. The number of unbranched alkanes of at least 4 members (excludes halogenated alkanes) is 1. The monoisotopic (exact) mass is 276 g/mol. The normalized spacial score (nSPS) is 25.6. The van der Waals surface area contributed by atoms with E-state index in [4.69, 9.17) is 5.73 Å². The Balaban J connectivity index is 2.45. The van der Waals surface area contributed by atoms with Crippen LogP contribution in [0.25, 0.3) is 0 Å². The summed E-state index contributed by atoms with van der Waals surface area (Å²) in [5.41, 5.74) is 5.40. The van der Waals surface area contributed by atoms with Crippen molar-refractivity contribution in [3.05, 3.63) is 0 Å². The zero-order valence-corrected chi connectivity index (χ0v) is 12.6. The van der Waals surface area contributed by atoms with Crippen LogP contribution in [0.15, 0.2) is 0 Å². The van der Waals surface area contributed by atoms with E-state index in [0.29, 0.717) is 13.0 Å². The highest BCUT2D eigenvalue weighted by Crippen LogP contribution is 2.30. The summed E-state index contributed by atoms with van der Waals surface area (Å²) < 4.78 is 25.9. The van der Waals surface area contributed by atoms with Crippen molar-refractivity contribution in [3.63, 3.8) is 0 Å². The van der Waals surface area contributed by atoms with Crippen LogP contribution in [0.3, 0.4) is 0 Å². The van der Waals surface area contributed by atoms with Gasteiger partial charge < -0.3 is 5.73 Å². The lowest BCUT2D eigenvalue weighted by Crippen LogP contribution is -2.40. The molecule has 0 amide bonds. The second-order valence-corrected chi connectivity index (χ2v) is 7.56. The third-order valence-corrected chi connectivity index (χ3v) is 6.18. The van der Waals surface area contributed by atoms with E-state index in [1.54, 1.807) is 11.4 Å². The SMILES string of the molecule is CCC1CCC(N(C)S(=O)(=O)CCCCN)CC1. The lowest BCUT2D eigenvalue weighted by Gasteiger charge is -2.33. The van der Waals surface area contributed by atoms with Gasteiger partial charge >= 0.3 is 0 Å². The molecule has 1 fully saturated rings. The van der Waals surface area contributed by atoms with E-state index in [1.165, 1.54) is 19.3 Å². The standard InChI is InChI=1S/C13H28N2O2S/c1-3-12-6-8-13(9-7-12)15(2)18(16,17)11-5-4-10-14/h12-13H,3-11,14H2,1-2H3. The molecule has 1 aliphatic carbocycles. The van der Waals surface area contributed by atoms with Gasteiger partial charge in [-0.05, 0) is 51.0 Å². The molecule has 1 aliphatic rings. The highest BCUT2D eigenvalue weighted by Gasteiger charge is 2.29. The van der Waals surface area contributed by atoms with Gasteiger partial charge in [-0.1, -0.05) is 13.3 Å². The Labute approximate surface area is 112 Å². The molecule has 0 aromatic heterocycles. The third kappa shape index (κ3) is 4.52. The fourth-order valence-corrected chi connectivity index (χ4v) is 4.24. The van der Waals surface area contributed by atoms with Crippen LogP contribution in [0.5, 0.6) is 0 Å². The molecule has 0 aromatic carbocycles. The summed E-state index contributed by atoms with van der Waals surface area (Å²) in [7, 11) is -1.33. The molecule has 0 bridgehead atoms. The van der Waals surface area contributed by atoms with E-state index in [0.717, 1.165) is 25.2 Å². The zero-order chi connectivity index (χ0) is 13.6. The van der Waals surface area contributed by atoms with Gasteiger partial charge in [0.2, 0.25) is 10.0 Å². The van der Waals surface area contributed by atoms with E-state index in [-0.39, 0.29) is 11.8 Å². The number of sulfonamides is 1. The minimum atomic E-state index is -3.08.